The average molecular weight is 270 g/mol. The Labute approximate surface area is 110 Å². The van der Waals surface area contributed by atoms with Crippen molar-refractivity contribution in [1.82, 2.24) is 4.90 Å². The number of carboxylic acid groups (broad SMARTS) is 1. The molecule has 1 fully saturated rings. The Morgan fingerprint density at radius 2 is 1.84 bits per heavy atom. The molecule has 0 spiro atoms. The van der Waals surface area contributed by atoms with Crippen LogP contribution in [-0.4, -0.2) is 48.7 Å². The summed E-state index contributed by atoms with van der Waals surface area (Å²) in [5, 5.41) is 8.62. The molecule has 6 heteroatoms. The van der Waals surface area contributed by atoms with E-state index in [2.05, 4.69) is 4.90 Å². The Balaban J connectivity index is 1.88. The molecular formula is C13H16F2N2O2. The van der Waals surface area contributed by atoms with Crippen LogP contribution in [0.25, 0.3) is 0 Å². The summed E-state index contributed by atoms with van der Waals surface area (Å²) in [6, 6.07) is 3.88. The van der Waals surface area contributed by atoms with Crippen LogP contribution in [0.3, 0.4) is 0 Å². The predicted molar refractivity (Wildman–Crippen MR) is 67.3 cm³/mol. The highest BCUT2D eigenvalue weighted by Gasteiger charge is 2.18. The van der Waals surface area contributed by atoms with Crippen molar-refractivity contribution in [2.45, 2.75) is 6.42 Å². The van der Waals surface area contributed by atoms with Gasteiger partial charge in [0.2, 0.25) is 0 Å². The minimum atomic E-state index is -0.844. The summed E-state index contributed by atoms with van der Waals surface area (Å²) in [4.78, 5) is 14.5. The van der Waals surface area contributed by atoms with Crippen LogP contribution in [0.1, 0.15) is 6.42 Å². The maximum atomic E-state index is 13.1. The number of carbonyl (C=O) groups is 1. The Hall–Kier alpha value is -1.69. The van der Waals surface area contributed by atoms with Crippen molar-refractivity contribution in [3.63, 3.8) is 0 Å². The van der Waals surface area contributed by atoms with Gasteiger partial charge in [0.1, 0.15) is 0 Å². The normalized spacial score (nSPS) is 16.6. The molecule has 1 heterocycles. The SMILES string of the molecule is O=C(O)CCN1CCN(c2ccc(F)c(F)c2)CC1. The van der Waals surface area contributed by atoms with Crippen molar-refractivity contribution < 1.29 is 18.7 Å². The molecule has 0 atom stereocenters. The van der Waals surface area contributed by atoms with Gasteiger partial charge in [-0.1, -0.05) is 0 Å². The molecule has 1 N–H and O–H groups in total. The molecule has 1 saturated heterocycles. The fourth-order valence-corrected chi connectivity index (χ4v) is 2.17. The van der Waals surface area contributed by atoms with Crippen molar-refractivity contribution in [3.05, 3.63) is 29.8 Å². The smallest absolute Gasteiger partial charge is 0.304 e. The third kappa shape index (κ3) is 3.64. The molecule has 1 aliphatic rings. The first kappa shape index (κ1) is 13.7. The Kier molecular flexibility index (Phi) is 4.31. The molecule has 0 unspecified atom stereocenters. The van der Waals surface area contributed by atoms with Gasteiger partial charge < -0.3 is 10.0 Å². The second kappa shape index (κ2) is 5.97. The lowest BCUT2D eigenvalue weighted by Crippen LogP contribution is -2.47. The second-order valence-electron chi connectivity index (χ2n) is 4.57. The Bertz CT molecular complexity index is 460. The summed E-state index contributed by atoms with van der Waals surface area (Å²) in [5.41, 5.74) is 0.664. The molecular weight excluding hydrogens is 254 g/mol. The van der Waals surface area contributed by atoms with Gasteiger partial charge in [0.25, 0.3) is 0 Å². The number of benzene rings is 1. The zero-order valence-electron chi connectivity index (χ0n) is 10.5. The predicted octanol–water partition coefficient (Wildman–Crippen LogP) is 1.56. The molecule has 0 radical (unpaired) electrons. The van der Waals surface area contributed by atoms with Crippen molar-refractivity contribution in [2.24, 2.45) is 0 Å². The van der Waals surface area contributed by atoms with Gasteiger partial charge >= 0.3 is 5.97 Å². The number of hydrogen-bond acceptors (Lipinski definition) is 3. The van der Waals surface area contributed by atoms with Crippen LogP contribution in [0.15, 0.2) is 18.2 Å². The molecule has 0 saturated carbocycles. The van der Waals surface area contributed by atoms with Gasteiger partial charge in [0.05, 0.1) is 6.42 Å². The minimum Gasteiger partial charge on any atom is -0.481 e. The number of piperazine rings is 1. The third-order valence-electron chi connectivity index (χ3n) is 3.28. The number of aliphatic carboxylic acids is 1. The molecule has 2 rings (SSSR count). The molecule has 0 aromatic heterocycles. The lowest BCUT2D eigenvalue weighted by Gasteiger charge is -2.35. The number of anilines is 1. The van der Waals surface area contributed by atoms with Crippen molar-refractivity contribution >= 4 is 11.7 Å². The fraction of sp³-hybridized carbons (Fsp3) is 0.462. The number of nitrogens with zero attached hydrogens (tertiary/aromatic N) is 2. The van der Waals surface area contributed by atoms with E-state index in [4.69, 9.17) is 5.11 Å². The summed E-state index contributed by atoms with van der Waals surface area (Å²) >= 11 is 0. The lowest BCUT2D eigenvalue weighted by molar-refractivity contribution is -0.137. The molecule has 104 valence electrons. The fourth-order valence-electron chi connectivity index (χ4n) is 2.17. The highest BCUT2D eigenvalue weighted by Crippen LogP contribution is 2.19. The lowest BCUT2D eigenvalue weighted by atomic mass is 10.2. The molecule has 1 aromatic carbocycles. The molecule has 1 aliphatic heterocycles. The maximum absolute atomic E-state index is 13.1. The molecule has 19 heavy (non-hydrogen) atoms. The topological polar surface area (TPSA) is 43.8 Å². The van der Waals surface area contributed by atoms with E-state index in [1.54, 1.807) is 6.07 Å². The zero-order valence-corrected chi connectivity index (χ0v) is 10.5. The number of halogens is 2. The van der Waals surface area contributed by atoms with E-state index in [0.717, 1.165) is 19.2 Å². The van der Waals surface area contributed by atoms with Gasteiger partial charge in [-0.25, -0.2) is 8.78 Å². The Morgan fingerprint density at radius 3 is 2.42 bits per heavy atom. The first-order valence-electron chi connectivity index (χ1n) is 6.20. The van der Waals surface area contributed by atoms with Crippen LogP contribution >= 0.6 is 0 Å². The first-order chi connectivity index (χ1) is 9.06. The highest BCUT2D eigenvalue weighted by molar-refractivity contribution is 5.66. The Morgan fingerprint density at radius 1 is 1.16 bits per heavy atom. The summed E-state index contributed by atoms with van der Waals surface area (Å²) in [6.07, 6.45) is 0.130. The van der Waals surface area contributed by atoms with Gasteiger partial charge in [-0.05, 0) is 12.1 Å². The van der Waals surface area contributed by atoms with Crippen LogP contribution in [0.5, 0.6) is 0 Å². The number of hydrogen-bond donors (Lipinski definition) is 1. The van der Waals surface area contributed by atoms with Gasteiger partial charge in [-0.15, -0.1) is 0 Å². The molecule has 0 aliphatic carbocycles. The van der Waals surface area contributed by atoms with Crippen molar-refractivity contribution in [1.29, 1.82) is 0 Å². The molecule has 0 amide bonds. The summed E-state index contributed by atoms with van der Waals surface area (Å²) < 4.78 is 26.0. The molecule has 0 bridgehead atoms. The van der Waals surface area contributed by atoms with Gasteiger partial charge in [0, 0.05) is 44.5 Å². The van der Waals surface area contributed by atoms with Crippen molar-refractivity contribution in [3.8, 4) is 0 Å². The molecule has 1 aromatic rings. The van der Waals surface area contributed by atoms with E-state index in [1.165, 1.54) is 6.07 Å². The van der Waals surface area contributed by atoms with Gasteiger partial charge in [-0.2, -0.15) is 0 Å². The summed E-state index contributed by atoms with van der Waals surface area (Å²) in [7, 11) is 0. The van der Waals surface area contributed by atoms with Gasteiger partial charge in [-0.3, -0.25) is 9.69 Å². The number of carboxylic acids is 1. The van der Waals surface area contributed by atoms with Crippen molar-refractivity contribution in [2.75, 3.05) is 37.6 Å². The van der Waals surface area contributed by atoms with E-state index in [1.807, 2.05) is 4.90 Å². The van der Waals surface area contributed by atoms with E-state index < -0.39 is 17.6 Å². The van der Waals surface area contributed by atoms with Crippen LogP contribution in [0, 0.1) is 11.6 Å². The largest absolute Gasteiger partial charge is 0.481 e. The average Bonchev–Trinajstić information content (AvgIpc) is 2.40. The summed E-state index contributed by atoms with van der Waals surface area (Å²) in [5.74, 6) is -2.49. The standard InChI is InChI=1S/C13H16F2N2O2/c14-11-2-1-10(9-12(11)15)17-7-5-16(6-8-17)4-3-13(18)19/h1-2,9H,3-8H2,(H,18,19). The van der Waals surface area contributed by atoms with Crippen LogP contribution in [-0.2, 0) is 4.79 Å². The first-order valence-corrected chi connectivity index (χ1v) is 6.20. The van der Waals surface area contributed by atoms with Gasteiger partial charge in [0.15, 0.2) is 11.6 Å². The van der Waals surface area contributed by atoms with E-state index in [9.17, 15) is 13.6 Å². The molecule has 4 nitrogen and oxygen atoms in total. The quantitative estimate of drug-likeness (QED) is 0.901. The minimum absolute atomic E-state index is 0.130. The monoisotopic (exact) mass is 270 g/mol. The maximum Gasteiger partial charge on any atom is 0.304 e. The van der Waals surface area contributed by atoms with E-state index in [0.29, 0.717) is 25.3 Å². The highest BCUT2D eigenvalue weighted by atomic mass is 19.2. The number of rotatable bonds is 4. The van der Waals surface area contributed by atoms with Crippen LogP contribution in [0.2, 0.25) is 0 Å². The van der Waals surface area contributed by atoms with E-state index in [-0.39, 0.29) is 6.42 Å². The second-order valence-corrected chi connectivity index (χ2v) is 4.57. The van der Waals surface area contributed by atoms with Crippen LogP contribution < -0.4 is 4.90 Å². The van der Waals surface area contributed by atoms with Crippen LogP contribution in [0.4, 0.5) is 14.5 Å². The zero-order chi connectivity index (χ0) is 13.8. The van der Waals surface area contributed by atoms with E-state index >= 15 is 0 Å². The third-order valence-corrected chi connectivity index (χ3v) is 3.28. The summed E-state index contributed by atoms with van der Waals surface area (Å²) in [6.45, 7) is 3.36.